The molecule has 1 aliphatic heterocycles. The number of dihydropyridines is 1. The van der Waals surface area contributed by atoms with Crippen molar-refractivity contribution in [2.45, 2.75) is 26.4 Å². The molecule has 5 rings (SSSR count). The Balaban J connectivity index is 1.23. The van der Waals surface area contributed by atoms with Crippen LogP contribution >= 0.6 is 0 Å². The molecule has 3 unspecified atom stereocenters. The highest BCUT2D eigenvalue weighted by atomic mass is 16.2. The van der Waals surface area contributed by atoms with E-state index in [9.17, 15) is 4.79 Å². The zero-order chi connectivity index (χ0) is 22.9. The highest BCUT2D eigenvalue weighted by molar-refractivity contribution is 6.11. The van der Waals surface area contributed by atoms with Gasteiger partial charge in [0.1, 0.15) is 0 Å². The highest BCUT2D eigenvalue weighted by Gasteiger charge is 2.54. The van der Waals surface area contributed by atoms with E-state index in [4.69, 9.17) is 5.26 Å². The number of allylic oxidation sites excluding steroid dienone is 1. The zero-order valence-corrected chi connectivity index (χ0v) is 18.5. The Bertz CT molecular complexity index is 1350. The lowest BCUT2D eigenvalue weighted by atomic mass is 10.0. The number of carbonyl (C=O) groups is 1. The maximum absolute atomic E-state index is 12.8. The first-order valence-electron chi connectivity index (χ1n) is 11.0. The van der Waals surface area contributed by atoms with Crippen molar-refractivity contribution in [1.29, 1.82) is 5.26 Å². The summed E-state index contributed by atoms with van der Waals surface area (Å²) in [6.07, 6.45) is 7.53. The molecule has 1 amide bonds. The van der Waals surface area contributed by atoms with Gasteiger partial charge in [0.05, 0.1) is 29.3 Å². The third-order valence-electron chi connectivity index (χ3n) is 6.19. The van der Waals surface area contributed by atoms with Crippen LogP contribution in [-0.2, 0) is 11.3 Å². The summed E-state index contributed by atoms with van der Waals surface area (Å²) in [4.78, 5) is 26.3. The van der Waals surface area contributed by atoms with E-state index in [0.717, 1.165) is 39.2 Å². The van der Waals surface area contributed by atoms with E-state index in [-0.39, 0.29) is 23.8 Å². The number of aryl methyl sites for hydroxylation is 2. The number of fused-ring (bicyclic) bond motifs is 1. The molecule has 3 heterocycles. The smallest absolute Gasteiger partial charge is 0.226 e. The van der Waals surface area contributed by atoms with Gasteiger partial charge in [-0.15, -0.1) is 0 Å². The molecule has 0 bridgehead atoms. The second-order valence-corrected chi connectivity index (χ2v) is 8.60. The molecule has 2 aliphatic rings. The molecule has 0 radical (unpaired) electrons. The summed E-state index contributed by atoms with van der Waals surface area (Å²) < 4.78 is 0. The van der Waals surface area contributed by atoms with Crippen molar-refractivity contribution >= 4 is 17.7 Å². The zero-order valence-electron chi connectivity index (χ0n) is 18.5. The van der Waals surface area contributed by atoms with Crippen LogP contribution in [0.25, 0.3) is 16.8 Å². The van der Waals surface area contributed by atoms with Gasteiger partial charge in [-0.2, -0.15) is 5.26 Å². The lowest BCUT2D eigenvalue weighted by molar-refractivity contribution is -0.122. The first-order chi connectivity index (χ1) is 16.0. The number of amides is 1. The summed E-state index contributed by atoms with van der Waals surface area (Å²) in [5, 5.41) is 12.2. The molecule has 1 N–H and O–H groups in total. The van der Waals surface area contributed by atoms with Crippen LogP contribution in [0.5, 0.6) is 0 Å². The van der Waals surface area contributed by atoms with E-state index in [1.54, 1.807) is 12.3 Å². The van der Waals surface area contributed by atoms with Crippen molar-refractivity contribution in [2.75, 3.05) is 0 Å². The molecule has 6 heteroatoms. The van der Waals surface area contributed by atoms with E-state index in [0.29, 0.717) is 12.1 Å². The monoisotopic (exact) mass is 433 g/mol. The van der Waals surface area contributed by atoms with Gasteiger partial charge in [0, 0.05) is 42.3 Å². The molecule has 33 heavy (non-hydrogen) atoms. The van der Waals surface area contributed by atoms with Gasteiger partial charge in [-0.05, 0) is 60.4 Å². The van der Waals surface area contributed by atoms with Gasteiger partial charge in [-0.3, -0.25) is 19.8 Å². The maximum Gasteiger partial charge on any atom is 0.226 e. The Kier molecular flexibility index (Phi) is 5.31. The summed E-state index contributed by atoms with van der Waals surface area (Å²) >= 11 is 0. The number of nitrogens with one attached hydrogen (secondary N) is 1. The number of hydrogen-bond donors (Lipinski definition) is 1. The first kappa shape index (κ1) is 20.8. The molecule has 1 aliphatic carbocycles. The van der Waals surface area contributed by atoms with E-state index in [1.807, 2.05) is 56.6 Å². The summed E-state index contributed by atoms with van der Waals surface area (Å²) in [6.45, 7) is 4.42. The van der Waals surface area contributed by atoms with Crippen LogP contribution in [0.3, 0.4) is 0 Å². The van der Waals surface area contributed by atoms with Crippen molar-refractivity contribution in [3.8, 4) is 17.3 Å². The number of aromatic nitrogens is 2. The Morgan fingerprint density at radius 1 is 1.12 bits per heavy atom. The Labute approximate surface area is 192 Å². The predicted molar refractivity (Wildman–Crippen MR) is 127 cm³/mol. The largest absolute Gasteiger partial charge is 0.352 e. The number of nitrogens with zero attached hydrogens (tertiary/aromatic N) is 4. The van der Waals surface area contributed by atoms with Crippen molar-refractivity contribution in [3.05, 3.63) is 88.9 Å². The molecular weight excluding hydrogens is 410 g/mol. The number of nitriles is 1. The molecule has 3 aromatic rings. The Hall–Kier alpha value is -4.11. The topological polar surface area (TPSA) is 91.0 Å². The SMILES string of the molecule is Cc1cc(-c2ncc(CNC(=O)C3C4C=C(c5cccc(C#N)c5)C=NC43)cc2C)ccn1. The molecule has 162 valence electrons. The van der Waals surface area contributed by atoms with Crippen LogP contribution in [0.2, 0.25) is 0 Å². The average Bonchev–Trinajstić information content (AvgIpc) is 3.56. The van der Waals surface area contributed by atoms with Gasteiger partial charge in [0.15, 0.2) is 0 Å². The third-order valence-corrected chi connectivity index (χ3v) is 6.19. The molecule has 1 aromatic carbocycles. The van der Waals surface area contributed by atoms with Gasteiger partial charge in [-0.1, -0.05) is 24.3 Å². The molecule has 1 saturated carbocycles. The molecule has 0 spiro atoms. The molecule has 6 nitrogen and oxygen atoms in total. The van der Waals surface area contributed by atoms with Crippen molar-refractivity contribution in [3.63, 3.8) is 0 Å². The van der Waals surface area contributed by atoms with Crippen LogP contribution < -0.4 is 5.32 Å². The molecule has 3 atom stereocenters. The normalized spacial score (nSPS) is 20.4. The second-order valence-electron chi connectivity index (χ2n) is 8.60. The standard InChI is InChI=1S/C27H23N5O/c1-16-8-19(13-30-25(16)21-6-7-29-17(2)9-21)14-32-27(33)24-23-11-22(15-31-26(23)24)20-5-3-4-18(10-20)12-28/h3-11,13,15,23-24,26H,14H2,1-2H3,(H,32,33). The van der Waals surface area contributed by atoms with E-state index in [2.05, 4.69) is 38.5 Å². The molecular formula is C27H23N5O. The van der Waals surface area contributed by atoms with E-state index in [1.165, 1.54) is 0 Å². The summed E-state index contributed by atoms with van der Waals surface area (Å²) in [7, 11) is 0. The minimum atomic E-state index is -0.147. The van der Waals surface area contributed by atoms with Crippen LogP contribution in [0.4, 0.5) is 0 Å². The number of aliphatic imine (C=N–C) groups is 1. The van der Waals surface area contributed by atoms with E-state index < -0.39 is 0 Å². The first-order valence-corrected chi connectivity index (χ1v) is 11.0. The third kappa shape index (κ3) is 4.18. The molecule has 0 saturated heterocycles. The summed E-state index contributed by atoms with van der Waals surface area (Å²) in [5.74, 6) is -0.0316. The van der Waals surface area contributed by atoms with Gasteiger partial charge >= 0.3 is 0 Å². The maximum atomic E-state index is 12.8. The van der Waals surface area contributed by atoms with Crippen LogP contribution in [0.1, 0.15) is 27.9 Å². The van der Waals surface area contributed by atoms with Gasteiger partial charge in [0.2, 0.25) is 5.91 Å². The van der Waals surface area contributed by atoms with Crippen LogP contribution in [0.15, 0.2) is 65.9 Å². The number of rotatable bonds is 5. The van der Waals surface area contributed by atoms with Crippen LogP contribution in [0, 0.1) is 37.0 Å². The minimum Gasteiger partial charge on any atom is -0.352 e. The van der Waals surface area contributed by atoms with E-state index >= 15 is 0 Å². The second kappa shape index (κ2) is 8.44. The van der Waals surface area contributed by atoms with Crippen molar-refractivity contribution in [2.24, 2.45) is 16.8 Å². The predicted octanol–water partition coefficient (Wildman–Crippen LogP) is 4.03. The lowest BCUT2D eigenvalue weighted by Gasteiger charge is -2.09. The van der Waals surface area contributed by atoms with Gasteiger partial charge < -0.3 is 5.32 Å². The minimum absolute atomic E-state index is 0.00469. The lowest BCUT2D eigenvalue weighted by Crippen LogP contribution is -2.26. The Morgan fingerprint density at radius 3 is 2.79 bits per heavy atom. The number of hydrogen-bond acceptors (Lipinski definition) is 5. The Morgan fingerprint density at radius 2 is 2.00 bits per heavy atom. The highest BCUT2D eigenvalue weighted by Crippen LogP contribution is 2.47. The summed E-state index contributed by atoms with van der Waals surface area (Å²) in [5.41, 5.74) is 7.47. The number of benzene rings is 1. The quantitative estimate of drug-likeness (QED) is 0.658. The van der Waals surface area contributed by atoms with Crippen molar-refractivity contribution in [1.82, 2.24) is 15.3 Å². The van der Waals surface area contributed by atoms with Gasteiger partial charge in [-0.25, -0.2) is 0 Å². The van der Waals surface area contributed by atoms with Crippen LogP contribution in [-0.4, -0.2) is 28.1 Å². The fourth-order valence-corrected chi connectivity index (χ4v) is 4.43. The molecule has 1 fully saturated rings. The fourth-order valence-electron chi connectivity index (χ4n) is 4.43. The number of carbonyl (C=O) groups excluding carboxylic acids is 1. The van der Waals surface area contributed by atoms with Crippen molar-refractivity contribution < 1.29 is 4.79 Å². The summed E-state index contributed by atoms with van der Waals surface area (Å²) in [6, 6.07) is 15.7. The molecule has 2 aromatic heterocycles. The average molecular weight is 434 g/mol. The number of pyridine rings is 2. The van der Waals surface area contributed by atoms with Gasteiger partial charge in [0.25, 0.3) is 0 Å². The fraction of sp³-hybridized carbons (Fsp3) is 0.222.